The lowest BCUT2D eigenvalue weighted by Crippen LogP contribution is -2.46. The Kier molecular flexibility index (Phi) is 5.24. The maximum atomic E-state index is 12.9. The van der Waals surface area contributed by atoms with E-state index >= 15 is 0 Å². The van der Waals surface area contributed by atoms with Gasteiger partial charge in [-0.25, -0.2) is 12.8 Å². The molecular formula is C13H18FNO4S. The molecule has 1 aromatic carbocycles. The van der Waals surface area contributed by atoms with E-state index in [-0.39, 0.29) is 10.8 Å². The zero-order valence-electron chi connectivity index (χ0n) is 11.8. The summed E-state index contributed by atoms with van der Waals surface area (Å²) in [5.41, 5.74) is 0. The fourth-order valence-electron chi connectivity index (χ4n) is 1.88. The molecule has 1 atom stereocenters. The van der Waals surface area contributed by atoms with Crippen molar-refractivity contribution in [3.05, 3.63) is 30.1 Å². The summed E-state index contributed by atoms with van der Waals surface area (Å²) >= 11 is 0. The number of sulfonamides is 1. The number of nitrogens with zero attached hydrogens (tertiary/aromatic N) is 1. The Morgan fingerprint density at radius 1 is 1.25 bits per heavy atom. The van der Waals surface area contributed by atoms with Crippen LogP contribution in [-0.4, -0.2) is 38.9 Å². The van der Waals surface area contributed by atoms with Gasteiger partial charge >= 0.3 is 5.97 Å². The number of carbonyl (C=O) groups is 1. The van der Waals surface area contributed by atoms with E-state index < -0.39 is 27.9 Å². The van der Waals surface area contributed by atoms with Crippen molar-refractivity contribution in [3.63, 3.8) is 0 Å². The highest BCUT2D eigenvalue weighted by Gasteiger charge is 2.35. The van der Waals surface area contributed by atoms with Crippen LogP contribution in [0.3, 0.4) is 0 Å². The van der Waals surface area contributed by atoms with Gasteiger partial charge in [0.15, 0.2) is 0 Å². The zero-order chi connectivity index (χ0) is 15.5. The van der Waals surface area contributed by atoms with E-state index in [1.807, 2.05) is 0 Å². The lowest BCUT2D eigenvalue weighted by molar-refractivity contribution is -0.146. The molecular weight excluding hydrogens is 285 g/mol. The second-order valence-electron chi connectivity index (χ2n) is 4.69. The molecule has 0 radical (unpaired) electrons. The van der Waals surface area contributed by atoms with Crippen LogP contribution in [0.15, 0.2) is 29.2 Å². The van der Waals surface area contributed by atoms with Crippen molar-refractivity contribution in [2.75, 3.05) is 14.2 Å². The van der Waals surface area contributed by atoms with Crippen LogP contribution in [0.4, 0.5) is 4.39 Å². The maximum Gasteiger partial charge on any atom is 0.324 e. The van der Waals surface area contributed by atoms with Gasteiger partial charge < -0.3 is 4.74 Å². The van der Waals surface area contributed by atoms with Gasteiger partial charge in [0, 0.05) is 7.05 Å². The first-order valence-corrected chi connectivity index (χ1v) is 7.47. The number of likely N-dealkylation sites (N-methyl/N-ethyl adjacent to an activating group) is 1. The van der Waals surface area contributed by atoms with Crippen molar-refractivity contribution in [2.24, 2.45) is 5.92 Å². The summed E-state index contributed by atoms with van der Waals surface area (Å²) < 4.78 is 43.3. The Labute approximate surface area is 118 Å². The summed E-state index contributed by atoms with van der Waals surface area (Å²) in [6.07, 6.45) is 0. The third kappa shape index (κ3) is 3.34. The van der Waals surface area contributed by atoms with Crippen LogP contribution in [0.5, 0.6) is 0 Å². The van der Waals surface area contributed by atoms with Gasteiger partial charge in [-0.15, -0.1) is 0 Å². The number of rotatable bonds is 5. The fraction of sp³-hybridized carbons (Fsp3) is 0.462. The topological polar surface area (TPSA) is 63.7 Å². The molecule has 112 valence electrons. The standard InChI is InChI=1S/C13H18FNO4S/c1-9(2)12(13(16)19-4)15(3)20(17,18)11-7-5-10(14)6-8-11/h5-9,12H,1-4H3. The van der Waals surface area contributed by atoms with Crippen LogP contribution in [0.2, 0.25) is 0 Å². The number of hydrogen-bond donors (Lipinski definition) is 0. The molecule has 1 aromatic rings. The molecule has 0 spiro atoms. The third-order valence-electron chi connectivity index (χ3n) is 2.96. The van der Waals surface area contributed by atoms with Crippen molar-refractivity contribution in [3.8, 4) is 0 Å². The number of methoxy groups -OCH3 is 1. The highest BCUT2D eigenvalue weighted by atomic mass is 32.2. The van der Waals surface area contributed by atoms with Gasteiger partial charge in [0.1, 0.15) is 11.9 Å². The minimum atomic E-state index is -3.89. The normalized spacial score (nSPS) is 13.6. The number of hydrogen-bond acceptors (Lipinski definition) is 4. The molecule has 1 rings (SSSR count). The molecule has 0 aliphatic rings. The number of ether oxygens (including phenoxy) is 1. The van der Waals surface area contributed by atoms with Crippen molar-refractivity contribution < 1.29 is 22.3 Å². The van der Waals surface area contributed by atoms with E-state index in [0.29, 0.717) is 0 Å². The molecule has 0 amide bonds. The van der Waals surface area contributed by atoms with Crippen molar-refractivity contribution in [1.82, 2.24) is 4.31 Å². The molecule has 0 saturated heterocycles. The number of esters is 1. The van der Waals surface area contributed by atoms with E-state index in [2.05, 4.69) is 4.74 Å². The van der Waals surface area contributed by atoms with Gasteiger partial charge in [0.2, 0.25) is 10.0 Å². The highest BCUT2D eigenvalue weighted by Crippen LogP contribution is 2.21. The quantitative estimate of drug-likeness (QED) is 0.776. The van der Waals surface area contributed by atoms with Gasteiger partial charge in [0.05, 0.1) is 12.0 Å². The molecule has 0 bridgehead atoms. The number of benzene rings is 1. The van der Waals surface area contributed by atoms with Crippen LogP contribution in [0.1, 0.15) is 13.8 Å². The predicted molar refractivity (Wildman–Crippen MR) is 72.0 cm³/mol. The summed E-state index contributed by atoms with van der Waals surface area (Å²) in [7, 11) is -1.38. The highest BCUT2D eigenvalue weighted by molar-refractivity contribution is 7.89. The van der Waals surface area contributed by atoms with Crippen molar-refractivity contribution >= 4 is 16.0 Å². The number of halogens is 1. The molecule has 0 saturated carbocycles. The van der Waals surface area contributed by atoms with Crippen molar-refractivity contribution in [2.45, 2.75) is 24.8 Å². The van der Waals surface area contributed by atoms with Gasteiger partial charge in [0.25, 0.3) is 0 Å². The first-order valence-electron chi connectivity index (χ1n) is 6.03. The lowest BCUT2D eigenvalue weighted by atomic mass is 10.1. The maximum absolute atomic E-state index is 12.9. The van der Waals surface area contributed by atoms with Gasteiger partial charge in [-0.3, -0.25) is 4.79 Å². The van der Waals surface area contributed by atoms with E-state index in [0.717, 1.165) is 28.6 Å². The second kappa shape index (κ2) is 6.32. The van der Waals surface area contributed by atoms with E-state index in [1.54, 1.807) is 13.8 Å². The summed E-state index contributed by atoms with van der Waals surface area (Å²) in [4.78, 5) is 11.7. The Balaban J connectivity index is 3.19. The smallest absolute Gasteiger partial charge is 0.324 e. The first-order chi connectivity index (χ1) is 9.21. The SMILES string of the molecule is COC(=O)C(C(C)C)N(C)S(=O)(=O)c1ccc(F)cc1. The Morgan fingerprint density at radius 3 is 2.15 bits per heavy atom. The zero-order valence-corrected chi connectivity index (χ0v) is 12.6. The van der Waals surface area contributed by atoms with Crippen LogP contribution < -0.4 is 0 Å². The first kappa shape index (κ1) is 16.6. The summed E-state index contributed by atoms with van der Waals surface area (Å²) in [5.74, 6) is -1.42. The molecule has 7 heteroatoms. The number of carbonyl (C=O) groups excluding carboxylic acids is 1. The van der Waals surface area contributed by atoms with E-state index in [1.165, 1.54) is 14.2 Å². The third-order valence-corrected chi connectivity index (χ3v) is 4.81. The summed E-state index contributed by atoms with van der Waals surface area (Å²) in [5, 5.41) is 0. The Bertz CT molecular complexity index is 569. The Hall–Kier alpha value is -1.47. The molecule has 0 aromatic heterocycles. The van der Waals surface area contributed by atoms with Crippen LogP contribution in [-0.2, 0) is 19.6 Å². The lowest BCUT2D eigenvalue weighted by Gasteiger charge is -2.28. The molecule has 0 N–H and O–H groups in total. The molecule has 5 nitrogen and oxygen atoms in total. The van der Waals surface area contributed by atoms with E-state index in [4.69, 9.17) is 0 Å². The Morgan fingerprint density at radius 2 is 1.75 bits per heavy atom. The van der Waals surface area contributed by atoms with Gasteiger partial charge in [-0.1, -0.05) is 13.8 Å². The summed E-state index contributed by atoms with van der Waals surface area (Å²) in [6.45, 7) is 3.44. The minimum Gasteiger partial charge on any atom is -0.468 e. The largest absolute Gasteiger partial charge is 0.468 e. The van der Waals surface area contributed by atoms with Gasteiger partial charge in [-0.05, 0) is 30.2 Å². The average molecular weight is 303 g/mol. The monoisotopic (exact) mass is 303 g/mol. The molecule has 0 aliphatic carbocycles. The van der Waals surface area contributed by atoms with Gasteiger partial charge in [-0.2, -0.15) is 4.31 Å². The average Bonchev–Trinajstić information content (AvgIpc) is 2.38. The van der Waals surface area contributed by atoms with Crippen LogP contribution in [0, 0.1) is 11.7 Å². The fourth-order valence-corrected chi connectivity index (χ4v) is 3.32. The predicted octanol–water partition coefficient (Wildman–Crippen LogP) is 1.64. The van der Waals surface area contributed by atoms with E-state index in [9.17, 15) is 17.6 Å². The van der Waals surface area contributed by atoms with Crippen molar-refractivity contribution in [1.29, 1.82) is 0 Å². The molecule has 0 heterocycles. The molecule has 0 fully saturated rings. The van der Waals surface area contributed by atoms with Crippen LogP contribution in [0.25, 0.3) is 0 Å². The van der Waals surface area contributed by atoms with Crippen LogP contribution >= 0.6 is 0 Å². The molecule has 20 heavy (non-hydrogen) atoms. The minimum absolute atomic E-state index is 0.0732. The molecule has 0 aliphatic heterocycles. The second-order valence-corrected chi connectivity index (χ2v) is 6.68. The summed E-state index contributed by atoms with van der Waals surface area (Å²) in [6, 6.07) is 3.51. The molecule has 1 unspecified atom stereocenters.